The minimum Gasteiger partial charge on any atom is -0.347 e. The molecular weight excluding hydrogens is 314 g/mol. The van der Waals surface area contributed by atoms with Crippen LogP contribution in [0.25, 0.3) is 10.8 Å². The maximum atomic E-state index is 12.4. The molecule has 2 aromatic carbocycles. The summed E-state index contributed by atoms with van der Waals surface area (Å²) in [5, 5.41) is 7.91. The topological polar surface area (TPSA) is 70.2 Å². The summed E-state index contributed by atoms with van der Waals surface area (Å²) in [4.78, 5) is 23.0. The average Bonchev–Trinajstić information content (AvgIpc) is 2.57. The number of carbonyl (C=O) groups excluding carboxylic acids is 1. The monoisotopic (exact) mass is 335 g/mol. The Morgan fingerprint density at radius 2 is 1.56 bits per heavy atom. The summed E-state index contributed by atoms with van der Waals surface area (Å²) >= 11 is 0. The molecule has 0 saturated heterocycles. The number of hydrogen-bond donors (Lipinski definition) is 2. The predicted octanol–water partition coefficient (Wildman–Crippen LogP) is 3.96. The lowest BCUT2D eigenvalue weighted by molar-refractivity contribution is 0.262. The van der Waals surface area contributed by atoms with Gasteiger partial charge in [0.15, 0.2) is 0 Å². The molecule has 2 amide bonds. The van der Waals surface area contributed by atoms with Crippen molar-refractivity contribution in [2.75, 3.05) is 29.6 Å². The molecule has 25 heavy (non-hydrogen) atoms. The minimum atomic E-state index is -0.317. The highest BCUT2D eigenvalue weighted by Gasteiger charge is 2.12. The van der Waals surface area contributed by atoms with E-state index in [-0.39, 0.29) is 6.03 Å². The zero-order valence-electron chi connectivity index (χ0n) is 14.8. The summed E-state index contributed by atoms with van der Waals surface area (Å²) in [6.07, 6.45) is 0. The second kappa shape index (κ2) is 6.76. The second-order valence-corrected chi connectivity index (χ2v) is 6.10. The first-order chi connectivity index (χ1) is 11.9. The van der Waals surface area contributed by atoms with Crippen LogP contribution >= 0.6 is 0 Å². The van der Waals surface area contributed by atoms with Crippen molar-refractivity contribution in [3.05, 3.63) is 53.9 Å². The highest BCUT2D eigenvalue weighted by atomic mass is 16.2. The number of nitrogens with one attached hydrogen (secondary N) is 2. The van der Waals surface area contributed by atoms with E-state index in [0.717, 1.165) is 27.8 Å². The van der Waals surface area contributed by atoms with E-state index >= 15 is 0 Å². The SMILES string of the molecule is Cc1nc(N(C)C)nc(C)c1NC(=O)Nc1ccc2ccccc2c1. The number of carbonyl (C=O) groups is 1. The zero-order valence-corrected chi connectivity index (χ0v) is 14.8. The molecule has 0 radical (unpaired) electrons. The zero-order chi connectivity index (χ0) is 18.0. The number of amides is 2. The Morgan fingerprint density at radius 1 is 0.920 bits per heavy atom. The lowest BCUT2D eigenvalue weighted by Gasteiger charge is -2.16. The lowest BCUT2D eigenvalue weighted by atomic mass is 10.1. The van der Waals surface area contributed by atoms with Crippen LogP contribution in [0.4, 0.5) is 22.1 Å². The molecule has 0 bridgehead atoms. The molecule has 0 unspecified atom stereocenters. The first-order valence-electron chi connectivity index (χ1n) is 8.03. The van der Waals surface area contributed by atoms with Gasteiger partial charge in [0.25, 0.3) is 0 Å². The molecule has 6 heteroatoms. The standard InChI is InChI=1S/C19H21N5O/c1-12-17(13(2)21-18(20-12)24(3)4)23-19(25)22-16-10-9-14-7-5-6-8-15(14)11-16/h5-11H,1-4H3,(H2,22,23,25). The van der Waals surface area contributed by atoms with E-state index < -0.39 is 0 Å². The van der Waals surface area contributed by atoms with E-state index in [2.05, 4.69) is 20.6 Å². The van der Waals surface area contributed by atoms with Gasteiger partial charge in [-0.1, -0.05) is 30.3 Å². The van der Waals surface area contributed by atoms with E-state index in [1.807, 2.05) is 75.3 Å². The van der Waals surface area contributed by atoms with Crippen LogP contribution in [0.5, 0.6) is 0 Å². The Labute approximate surface area is 146 Å². The summed E-state index contributed by atoms with van der Waals surface area (Å²) in [6, 6.07) is 13.5. The quantitative estimate of drug-likeness (QED) is 0.760. The summed E-state index contributed by atoms with van der Waals surface area (Å²) in [6.45, 7) is 3.71. The fourth-order valence-corrected chi connectivity index (χ4v) is 2.62. The molecular formula is C19H21N5O. The summed E-state index contributed by atoms with van der Waals surface area (Å²) < 4.78 is 0. The predicted molar refractivity (Wildman–Crippen MR) is 102 cm³/mol. The van der Waals surface area contributed by atoms with E-state index in [0.29, 0.717) is 11.6 Å². The Balaban J connectivity index is 1.78. The van der Waals surface area contributed by atoms with Gasteiger partial charge in [0.1, 0.15) is 0 Å². The van der Waals surface area contributed by atoms with Crippen LogP contribution in [0, 0.1) is 13.8 Å². The van der Waals surface area contributed by atoms with Crippen molar-refractivity contribution < 1.29 is 4.79 Å². The largest absolute Gasteiger partial charge is 0.347 e. The van der Waals surface area contributed by atoms with Gasteiger partial charge in [-0.15, -0.1) is 0 Å². The number of fused-ring (bicyclic) bond motifs is 1. The molecule has 0 aliphatic rings. The number of anilines is 3. The average molecular weight is 335 g/mol. The van der Waals surface area contributed by atoms with Gasteiger partial charge < -0.3 is 15.5 Å². The number of benzene rings is 2. The molecule has 3 rings (SSSR count). The van der Waals surface area contributed by atoms with Gasteiger partial charge in [-0.3, -0.25) is 0 Å². The molecule has 6 nitrogen and oxygen atoms in total. The maximum Gasteiger partial charge on any atom is 0.323 e. The van der Waals surface area contributed by atoms with Crippen molar-refractivity contribution in [1.29, 1.82) is 0 Å². The molecule has 0 saturated carbocycles. The number of urea groups is 1. The highest BCUT2D eigenvalue weighted by molar-refractivity contribution is 6.01. The van der Waals surface area contributed by atoms with Crippen LogP contribution < -0.4 is 15.5 Å². The molecule has 1 aromatic heterocycles. The van der Waals surface area contributed by atoms with Crippen molar-refractivity contribution in [3.8, 4) is 0 Å². The summed E-state index contributed by atoms with van der Waals surface area (Å²) in [5.41, 5.74) is 2.82. The van der Waals surface area contributed by atoms with Crippen LogP contribution in [-0.2, 0) is 0 Å². The van der Waals surface area contributed by atoms with Crippen LogP contribution in [0.15, 0.2) is 42.5 Å². The van der Waals surface area contributed by atoms with E-state index in [4.69, 9.17) is 0 Å². The van der Waals surface area contributed by atoms with Crippen LogP contribution in [0.1, 0.15) is 11.4 Å². The van der Waals surface area contributed by atoms with Crippen molar-refractivity contribution >= 4 is 34.1 Å². The van der Waals surface area contributed by atoms with Gasteiger partial charge >= 0.3 is 6.03 Å². The molecule has 1 heterocycles. The van der Waals surface area contributed by atoms with Crippen LogP contribution in [0.3, 0.4) is 0 Å². The van der Waals surface area contributed by atoms with Crippen molar-refractivity contribution in [2.24, 2.45) is 0 Å². The fourth-order valence-electron chi connectivity index (χ4n) is 2.62. The Hall–Kier alpha value is -3.15. The van der Waals surface area contributed by atoms with Crippen LogP contribution in [0.2, 0.25) is 0 Å². The number of hydrogen-bond acceptors (Lipinski definition) is 4. The Bertz CT molecular complexity index is 913. The molecule has 0 fully saturated rings. The van der Waals surface area contributed by atoms with Gasteiger partial charge in [-0.2, -0.15) is 0 Å². The van der Waals surface area contributed by atoms with E-state index in [1.54, 1.807) is 0 Å². The third kappa shape index (κ3) is 3.68. The van der Waals surface area contributed by atoms with Crippen molar-refractivity contribution in [3.63, 3.8) is 0 Å². The molecule has 0 spiro atoms. The first-order valence-corrected chi connectivity index (χ1v) is 8.03. The van der Waals surface area contributed by atoms with Crippen molar-refractivity contribution in [1.82, 2.24) is 9.97 Å². The lowest BCUT2D eigenvalue weighted by Crippen LogP contribution is -2.22. The number of nitrogens with zero attached hydrogens (tertiary/aromatic N) is 3. The maximum absolute atomic E-state index is 12.4. The molecule has 128 valence electrons. The van der Waals surface area contributed by atoms with Crippen LogP contribution in [-0.4, -0.2) is 30.1 Å². The normalized spacial score (nSPS) is 10.6. The van der Waals surface area contributed by atoms with Gasteiger partial charge in [0.05, 0.1) is 17.1 Å². The summed E-state index contributed by atoms with van der Waals surface area (Å²) in [7, 11) is 3.77. The highest BCUT2D eigenvalue weighted by Crippen LogP contribution is 2.21. The Morgan fingerprint density at radius 3 is 2.20 bits per heavy atom. The van der Waals surface area contributed by atoms with Gasteiger partial charge in [0.2, 0.25) is 5.95 Å². The second-order valence-electron chi connectivity index (χ2n) is 6.10. The molecule has 0 aliphatic carbocycles. The molecule has 0 aliphatic heterocycles. The van der Waals surface area contributed by atoms with Gasteiger partial charge in [-0.25, -0.2) is 14.8 Å². The fraction of sp³-hybridized carbons (Fsp3) is 0.211. The molecule has 0 atom stereocenters. The summed E-state index contributed by atoms with van der Waals surface area (Å²) in [5.74, 6) is 0.621. The van der Waals surface area contributed by atoms with Gasteiger partial charge in [-0.05, 0) is 36.8 Å². The first kappa shape index (κ1) is 16.7. The third-order valence-electron chi connectivity index (χ3n) is 3.90. The van der Waals surface area contributed by atoms with Crippen molar-refractivity contribution in [2.45, 2.75) is 13.8 Å². The molecule has 2 N–H and O–H groups in total. The van der Waals surface area contributed by atoms with Gasteiger partial charge in [0, 0.05) is 19.8 Å². The minimum absolute atomic E-state index is 0.317. The Kier molecular flexibility index (Phi) is 4.52. The third-order valence-corrected chi connectivity index (χ3v) is 3.90. The van der Waals surface area contributed by atoms with E-state index in [1.165, 1.54) is 0 Å². The number of aryl methyl sites for hydroxylation is 2. The number of aromatic nitrogens is 2. The smallest absolute Gasteiger partial charge is 0.323 e. The van der Waals surface area contributed by atoms with E-state index in [9.17, 15) is 4.79 Å². The number of rotatable bonds is 3. The molecule has 3 aromatic rings.